The van der Waals surface area contributed by atoms with Crippen molar-refractivity contribution in [2.75, 3.05) is 30.7 Å². The molecule has 1 aromatic carbocycles. The minimum Gasteiger partial charge on any atom is -0.382 e. The van der Waals surface area contributed by atoms with Crippen LogP contribution in [0.15, 0.2) is 55.0 Å². The molecule has 3 N–H and O–H groups in total. The van der Waals surface area contributed by atoms with Gasteiger partial charge in [0.25, 0.3) is 5.91 Å². The minimum absolute atomic E-state index is 0.175. The van der Waals surface area contributed by atoms with Gasteiger partial charge in [-0.1, -0.05) is 12.1 Å². The van der Waals surface area contributed by atoms with Crippen LogP contribution in [0.1, 0.15) is 53.3 Å². The number of nitrogens with two attached hydrogens (primary N) is 1. The van der Waals surface area contributed by atoms with Crippen LogP contribution >= 0.6 is 0 Å². The number of imidazole rings is 1. The number of likely N-dealkylation sites (tertiary alicyclic amines) is 1. The van der Waals surface area contributed by atoms with E-state index in [2.05, 4.69) is 20.2 Å². The summed E-state index contributed by atoms with van der Waals surface area (Å²) in [7, 11) is 0. The number of alkyl halides is 3. The average Bonchev–Trinajstić information content (AvgIpc) is 3.65. The van der Waals surface area contributed by atoms with Crippen LogP contribution in [0.25, 0.3) is 16.8 Å². The molecule has 0 radical (unpaired) electrons. The molecular formula is C28H28F3N7O. The maximum absolute atomic E-state index is 13.0. The van der Waals surface area contributed by atoms with Gasteiger partial charge in [-0.3, -0.25) is 9.20 Å². The van der Waals surface area contributed by atoms with Crippen molar-refractivity contribution < 1.29 is 18.0 Å². The number of hydrogen-bond donors (Lipinski definition) is 2. The first-order valence-electron chi connectivity index (χ1n) is 13.1. The highest BCUT2D eigenvalue weighted by atomic mass is 19.4. The summed E-state index contributed by atoms with van der Waals surface area (Å²) in [6, 6.07) is 8.38. The van der Waals surface area contributed by atoms with E-state index in [1.807, 2.05) is 10.6 Å². The first kappa shape index (κ1) is 25.3. The number of nitrogen functional groups attached to an aromatic ring is 1. The van der Waals surface area contributed by atoms with Crippen LogP contribution in [0.2, 0.25) is 0 Å². The van der Waals surface area contributed by atoms with Gasteiger partial charge >= 0.3 is 6.18 Å². The molecule has 1 saturated carbocycles. The predicted molar refractivity (Wildman–Crippen MR) is 141 cm³/mol. The van der Waals surface area contributed by atoms with Gasteiger partial charge in [0.1, 0.15) is 28.7 Å². The molecule has 6 rings (SSSR count). The van der Waals surface area contributed by atoms with Crippen molar-refractivity contribution >= 4 is 23.1 Å². The van der Waals surface area contributed by atoms with Gasteiger partial charge in [0.15, 0.2) is 0 Å². The number of aromatic nitrogens is 4. The number of anilines is 2. The number of rotatable bonds is 6. The second-order valence-corrected chi connectivity index (χ2v) is 10.4. The molecule has 4 aromatic rings. The fourth-order valence-electron chi connectivity index (χ4n) is 5.32. The number of nitrogens with zero attached hydrogens (tertiary/aromatic N) is 5. The van der Waals surface area contributed by atoms with Crippen LogP contribution < -0.4 is 11.1 Å². The fourth-order valence-corrected chi connectivity index (χ4v) is 5.32. The monoisotopic (exact) mass is 535 g/mol. The molecule has 0 spiro atoms. The summed E-state index contributed by atoms with van der Waals surface area (Å²) < 4.78 is 41.0. The lowest BCUT2D eigenvalue weighted by molar-refractivity contribution is -0.137. The number of carbonyl (C=O) groups is 1. The molecule has 202 valence electrons. The Morgan fingerprint density at radius 3 is 2.62 bits per heavy atom. The Morgan fingerprint density at radius 2 is 1.87 bits per heavy atom. The summed E-state index contributed by atoms with van der Waals surface area (Å²) >= 11 is 0. The van der Waals surface area contributed by atoms with Gasteiger partial charge in [-0.25, -0.2) is 15.0 Å². The number of pyridine rings is 1. The second kappa shape index (κ2) is 9.96. The summed E-state index contributed by atoms with van der Waals surface area (Å²) in [6.07, 6.45) is 4.86. The molecular weight excluding hydrogens is 507 g/mol. The number of nitrogens with one attached hydrogen (secondary N) is 1. The highest BCUT2D eigenvalue weighted by Gasteiger charge is 2.32. The third-order valence-electron chi connectivity index (χ3n) is 7.44. The summed E-state index contributed by atoms with van der Waals surface area (Å²) in [6.45, 7) is 3.22. The van der Waals surface area contributed by atoms with Crippen LogP contribution in [-0.4, -0.2) is 49.8 Å². The molecule has 1 aliphatic carbocycles. The number of benzene rings is 1. The summed E-state index contributed by atoms with van der Waals surface area (Å²) in [5, 5.41) is 2.43. The minimum atomic E-state index is -4.53. The Hall–Kier alpha value is -3.99. The topological polar surface area (TPSA) is 101 Å². The number of amides is 1. The molecule has 4 heterocycles. The Morgan fingerprint density at radius 1 is 1.08 bits per heavy atom. The zero-order valence-corrected chi connectivity index (χ0v) is 21.2. The molecule has 3 aromatic heterocycles. The van der Waals surface area contributed by atoms with E-state index in [9.17, 15) is 18.0 Å². The lowest BCUT2D eigenvalue weighted by Crippen LogP contribution is -2.36. The van der Waals surface area contributed by atoms with E-state index in [1.54, 1.807) is 30.5 Å². The summed E-state index contributed by atoms with van der Waals surface area (Å²) in [4.78, 5) is 28.4. The molecule has 1 saturated heterocycles. The molecule has 2 aliphatic rings. The normalized spacial score (nSPS) is 18.4. The smallest absolute Gasteiger partial charge is 0.382 e. The summed E-state index contributed by atoms with van der Waals surface area (Å²) in [5.41, 5.74) is 7.87. The first-order chi connectivity index (χ1) is 18.8. The Bertz CT molecular complexity index is 1510. The number of hydrogen-bond acceptors (Lipinski definition) is 6. The Labute approximate surface area is 223 Å². The molecule has 11 heteroatoms. The zero-order valence-electron chi connectivity index (χ0n) is 21.2. The van der Waals surface area contributed by atoms with Crippen molar-refractivity contribution in [2.24, 2.45) is 5.92 Å². The molecule has 2 fully saturated rings. The van der Waals surface area contributed by atoms with Crippen molar-refractivity contribution in [2.45, 2.75) is 37.8 Å². The van der Waals surface area contributed by atoms with Crippen molar-refractivity contribution in [3.63, 3.8) is 0 Å². The Balaban J connectivity index is 1.26. The lowest BCUT2D eigenvalue weighted by atomic mass is 9.97. The van der Waals surface area contributed by atoms with E-state index in [0.717, 1.165) is 73.6 Å². The van der Waals surface area contributed by atoms with Gasteiger partial charge in [-0.2, -0.15) is 13.2 Å². The van der Waals surface area contributed by atoms with Crippen LogP contribution in [0.5, 0.6) is 0 Å². The van der Waals surface area contributed by atoms with Crippen molar-refractivity contribution in [3.05, 3.63) is 71.9 Å². The van der Waals surface area contributed by atoms with Crippen molar-refractivity contribution in [1.29, 1.82) is 0 Å². The maximum Gasteiger partial charge on any atom is 0.416 e. The molecule has 0 unspecified atom stereocenters. The summed E-state index contributed by atoms with van der Waals surface area (Å²) in [5.74, 6) is 1.68. The van der Waals surface area contributed by atoms with Gasteiger partial charge in [0.2, 0.25) is 0 Å². The quantitative estimate of drug-likeness (QED) is 0.351. The fraction of sp³-hybridized carbons (Fsp3) is 0.357. The lowest BCUT2D eigenvalue weighted by Gasteiger charge is -2.32. The molecule has 1 amide bonds. The second-order valence-electron chi connectivity index (χ2n) is 10.4. The van der Waals surface area contributed by atoms with E-state index in [4.69, 9.17) is 10.7 Å². The Kier molecular flexibility index (Phi) is 6.46. The van der Waals surface area contributed by atoms with Crippen LogP contribution in [0.3, 0.4) is 0 Å². The van der Waals surface area contributed by atoms with E-state index < -0.39 is 17.6 Å². The molecule has 1 aliphatic heterocycles. The van der Waals surface area contributed by atoms with Crippen LogP contribution in [0, 0.1) is 5.92 Å². The third-order valence-corrected chi connectivity index (χ3v) is 7.44. The van der Waals surface area contributed by atoms with Gasteiger partial charge in [-0.15, -0.1) is 0 Å². The van der Waals surface area contributed by atoms with Gasteiger partial charge in [0, 0.05) is 48.7 Å². The van der Waals surface area contributed by atoms with E-state index >= 15 is 0 Å². The van der Waals surface area contributed by atoms with Crippen molar-refractivity contribution in [3.8, 4) is 11.3 Å². The maximum atomic E-state index is 13.0. The standard InChI is InChI=1S/C28H28F3N7O/c29-28(30,31)21-9-10-33-22(14-21)35-27(39)19-7-5-18(6-8-19)23-24-25(32)34-11-13-38(24)26(36-23)20-2-1-12-37(16-20)15-17-3-4-17/h5-11,13-14,17,20H,1-4,12,15-16H2,(H2,32,34)(H,33,35,39)/t20-/m1/s1. The van der Waals surface area contributed by atoms with Crippen LogP contribution in [-0.2, 0) is 6.18 Å². The highest BCUT2D eigenvalue weighted by molar-refractivity contribution is 6.04. The first-order valence-corrected chi connectivity index (χ1v) is 13.1. The van der Waals surface area contributed by atoms with Crippen molar-refractivity contribution in [1.82, 2.24) is 24.3 Å². The van der Waals surface area contributed by atoms with E-state index in [0.29, 0.717) is 11.5 Å². The van der Waals surface area contributed by atoms with E-state index in [-0.39, 0.29) is 17.3 Å². The van der Waals surface area contributed by atoms with Gasteiger partial charge in [-0.05, 0) is 62.4 Å². The number of fused-ring (bicyclic) bond motifs is 1. The molecule has 1 atom stereocenters. The zero-order chi connectivity index (χ0) is 27.1. The molecule has 8 nitrogen and oxygen atoms in total. The van der Waals surface area contributed by atoms with Gasteiger partial charge in [0.05, 0.1) is 5.56 Å². The predicted octanol–water partition coefficient (Wildman–Crippen LogP) is 5.23. The van der Waals surface area contributed by atoms with Crippen LogP contribution in [0.4, 0.5) is 24.8 Å². The molecule has 39 heavy (non-hydrogen) atoms. The highest BCUT2D eigenvalue weighted by Crippen LogP contribution is 2.36. The van der Waals surface area contributed by atoms with Gasteiger partial charge < -0.3 is 16.0 Å². The number of halogens is 3. The SMILES string of the molecule is Nc1nccn2c([C@@H]3CCCN(CC4CC4)C3)nc(-c3ccc(C(=O)Nc4cc(C(F)(F)F)ccn4)cc3)c12. The average molecular weight is 536 g/mol. The van der Waals surface area contributed by atoms with E-state index in [1.165, 1.54) is 12.8 Å². The largest absolute Gasteiger partial charge is 0.416 e. The number of piperidine rings is 1. The molecule has 0 bridgehead atoms. The third kappa shape index (κ3) is 5.31. The number of carbonyl (C=O) groups excluding carboxylic acids is 1.